The lowest BCUT2D eigenvalue weighted by molar-refractivity contribution is -0.151. The fourth-order valence-electron chi connectivity index (χ4n) is 3.79. The molecule has 0 spiro atoms. The van der Waals surface area contributed by atoms with E-state index in [0.717, 1.165) is 18.4 Å². The van der Waals surface area contributed by atoms with E-state index >= 15 is 0 Å². The van der Waals surface area contributed by atoms with Crippen LogP contribution in [0.25, 0.3) is 10.9 Å². The Kier molecular flexibility index (Phi) is 6.02. The predicted octanol–water partition coefficient (Wildman–Crippen LogP) is 1.64. The van der Waals surface area contributed by atoms with Crippen LogP contribution in [0, 0.1) is 0 Å². The van der Waals surface area contributed by atoms with Crippen LogP contribution in [0.5, 0.6) is 0 Å². The topological polar surface area (TPSA) is 76.7 Å². The number of rotatable bonds is 5. The summed E-state index contributed by atoms with van der Waals surface area (Å²) >= 11 is 0. The van der Waals surface area contributed by atoms with Crippen molar-refractivity contribution in [3.05, 3.63) is 36.0 Å². The molecule has 150 valence electrons. The third kappa shape index (κ3) is 4.18. The van der Waals surface area contributed by atoms with Gasteiger partial charge in [-0.3, -0.25) is 14.4 Å². The highest BCUT2D eigenvalue weighted by atomic mass is 16.2. The maximum Gasteiger partial charge on any atom is 0.246 e. The van der Waals surface area contributed by atoms with E-state index in [9.17, 15) is 14.4 Å². The molecule has 28 heavy (non-hydrogen) atoms. The van der Waals surface area contributed by atoms with E-state index in [1.54, 1.807) is 23.9 Å². The Bertz CT molecular complexity index is 873. The average Bonchev–Trinajstić information content (AvgIpc) is 3.10. The van der Waals surface area contributed by atoms with Crippen LogP contribution in [0.3, 0.4) is 0 Å². The number of benzene rings is 1. The van der Waals surface area contributed by atoms with Gasteiger partial charge in [-0.05, 0) is 24.5 Å². The molecule has 1 aliphatic rings. The molecule has 7 nitrogen and oxygen atoms in total. The van der Waals surface area contributed by atoms with Crippen molar-refractivity contribution in [1.82, 2.24) is 19.7 Å². The highest BCUT2D eigenvalue weighted by Crippen LogP contribution is 2.20. The normalized spacial score (nSPS) is 17.0. The number of para-hydroxylation sites is 1. The minimum absolute atomic E-state index is 0.0248. The third-order valence-electron chi connectivity index (χ3n) is 5.38. The van der Waals surface area contributed by atoms with Crippen molar-refractivity contribution in [2.75, 3.05) is 33.7 Å². The number of carbonyl (C=O) groups is 3. The molecule has 1 aromatic carbocycles. The Morgan fingerprint density at radius 3 is 2.64 bits per heavy atom. The minimum Gasteiger partial charge on any atom is -0.361 e. The number of carbonyl (C=O) groups excluding carboxylic acids is 3. The SMILES string of the molecule is CC(=O)N1CCN(C(=O)CCCc2c[nH]c3ccccc23)[C@H](C(=O)N(C)C)C1. The molecule has 2 aromatic rings. The monoisotopic (exact) mass is 384 g/mol. The average molecular weight is 384 g/mol. The number of amides is 3. The Hall–Kier alpha value is -2.83. The standard InChI is InChI=1S/C21H28N4O3/c1-15(26)24-11-12-25(19(14-24)21(28)23(2)3)20(27)10-6-7-16-13-22-18-9-5-4-8-17(16)18/h4-5,8-9,13,19,22H,6-7,10-12,14H2,1-3H3/t19-/m0/s1. The van der Waals surface area contributed by atoms with Gasteiger partial charge in [-0.2, -0.15) is 0 Å². The molecule has 1 saturated heterocycles. The molecule has 2 heterocycles. The van der Waals surface area contributed by atoms with E-state index in [1.165, 1.54) is 22.8 Å². The molecule has 0 bridgehead atoms. The first-order valence-electron chi connectivity index (χ1n) is 9.69. The molecule has 1 N–H and O–H groups in total. The zero-order valence-electron chi connectivity index (χ0n) is 16.8. The highest BCUT2D eigenvalue weighted by molar-refractivity contribution is 5.89. The molecule has 0 radical (unpaired) electrons. The number of hydrogen-bond donors (Lipinski definition) is 1. The van der Waals surface area contributed by atoms with Gasteiger partial charge in [0, 0.05) is 57.6 Å². The molecule has 7 heteroatoms. The largest absolute Gasteiger partial charge is 0.361 e. The van der Waals surface area contributed by atoms with Crippen LogP contribution in [-0.2, 0) is 20.8 Å². The molecule has 3 rings (SSSR count). The van der Waals surface area contributed by atoms with E-state index in [4.69, 9.17) is 0 Å². The number of nitrogens with zero attached hydrogens (tertiary/aromatic N) is 3. The first kappa shape index (κ1) is 19.9. The number of H-pyrrole nitrogens is 1. The number of hydrogen-bond acceptors (Lipinski definition) is 3. The van der Waals surface area contributed by atoms with Gasteiger partial charge in [0.15, 0.2) is 0 Å². The van der Waals surface area contributed by atoms with Crippen LogP contribution in [0.15, 0.2) is 30.5 Å². The lowest BCUT2D eigenvalue weighted by atomic mass is 10.1. The quantitative estimate of drug-likeness (QED) is 0.851. The molecule has 0 saturated carbocycles. The summed E-state index contributed by atoms with van der Waals surface area (Å²) in [5, 5.41) is 1.19. The summed E-state index contributed by atoms with van der Waals surface area (Å²) < 4.78 is 0. The summed E-state index contributed by atoms with van der Waals surface area (Å²) in [7, 11) is 3.35. The Balaban J connectivity index is 1.63. The number of likely N-dealkylation sites (N-methyl/N-ethyl adjacent to an activating group) is 1. The minimum atomic E-state index is -0.603. The van der Waals surface area contributed by atoms with Gasteiger partial charge in [0.05, 0.1) is 6.54 Å². The summed E-state index contributed by atoms with van der Waals surface area (Å²) in [4.78, 5) is 45.2. The van der Waals surface area contributed by atoms with Crippen LogP contribution in [-0.4, -0.2) is 77.2 Å². The molecule has 1 fully saturated rings. The molecule has 0 aliphatic carbocycles. The van der Waals surface area contributed by atoms with Gasteiger partial charge in [0.2, 0.25) is 17.7 Å². The van der Waals surface area contributed by atoms with E-state index < -0.39 is 6.04 Å². The van der Waals surface area contributed by atoms with Crippen molar-refractivity contribution in [2.45, 2.75) is 32.2 Å². The number of aromatic nitrogens is 1. The Labute approximate surface area is 165 Å². The third-order valence-corrected chi connectivity index (χ3v) is 5.38. The van der Waals surface area contributed by atoms with Crippen molar-refractivity contribution in [1.29, 1.82) is 0 Å². The lowest BCUT2D eigenvalue weighted by Crippen LogP contribution is -2.61. The maximum absolute atomic E-state index is 12.8. The summed E-state index contributed by atoms with van der Waals surface area (Å²) in [6.45, 7) is 2.63. The molecular weight excluding hydrogens is 356 g/mol. The first-order valence-corrected chi connectivity index (χ1v) is 9.69. The molecular formula is C21H28N4O3. The summed E-state index contributed by atoms with van der Waals surface area (Å²) in [5.41, 5.74) is 2.30. The summed E-state index contributed by atoms with van der Waals surface area (Å²) in [6.07, 6.45) is 3.90. The van der Waals surface area contributed by atoms with Gasteiger partial charge >= 0.3 is 0 Å². The fourth-order valence-corrected chi connectivity index (χ4v) is 3.79. The summed E-state index contributed by atoms with van der Waals surface area (Å²) in [5.74, 6) is -0.234. The molecule has 0 unspecified atom stereocenters. The molecule has 1 aliphatic heterocycles. The van der Waals surface area contributed by atoms with Crippen molar-refractivity contribution >= 4 is 28.6 Å². The van der Waals surface area contributed by atoms with Crippen LogP contribution in [0.2, 0.25) is 0 Å². The predicted molar refractivity (Wildman–Crippen MR) is 108 cm³/mol. The van der Waals surface area contributed by atoms with Gasteiger partial charge in [-0.25, -0.2) is 0 Å². The highest BCUT2D eigenvalue weighted by Gasteiger charge is 2.36. The molecule has 3 amide bonds. The number of fused-ring (bicyclic) bond motifs is 1. The van der Waals surface area contributed by atoms with Gasteiger partial charge in [0.25, 0.3) is 0 Å². The lowest BCUT2D eigenvalue weighted by Gasteiger charge is -2.41. The Morgan fingerprint density at radius 1 is 1.18 bits per heavy atom. The number of aromatic amines is 1. The van der Waals surface area contributed by atoms with Crippen LogP contribution >= 0.6 is 0 Å². The van der Waals surface area contributed by atoms with Crippen LogP contribution < -0.4 is 0 Å². The first-order chi connectivity index (χ1) is 13.4. The van der Waals surface area contributed by atoms with Crippen molar-refractivity contribution < 1.29 is 14.4 Å². The van der Waals surface area contributed by atoms with Gasteiger partial charge < -0.3 is 19.7 Å². The Morgan fingerprint density at radius 2 is 1.93 bits per heavy atom. The van der Waals surface area contributed by atoms with E-state index in [1.807, 2.05) is 24.4 Å². The van der Waals surface area contributed by atoms with E-state index in [2.05, 4.69) is 11.1 Å². The van der Waals surface area contributed by atoms with Gasteiger partial charge in [-0.1, -0.05) is 18.2 Å². The number of nitrogens with one attached hydrogen (secondary N) is 1. The maximum atomic E-state index is 12.8. The smallest absolute Gasteiger partial charge is 0.246 e. The number of aryl methyl sites for hydroxylation is 1. The van der Waals surface area contributed by atoms with Crippen LogP contribution in [0.1, 0.15) is 25.3 Å². The molecule has 1 aromatic heterocycles. The van der Waals surface area contributed by atoms with Gasteiger partial charge in [0.1, 0.15) is 6.04 Å². The van der Waals surface area contributed by atoms with Crippen molar-refractivity contribution in [2.24, 2.45) is 0 Å². The number of piperazine rings is 1. The zero-order chi connectivity index (χ0) is 20.3. The fraction of sp³-hybridized carbons (Fsp3) is 0.476. The van der Waals surface area contributed by atoms with Crippen molar-refractivity contribution in [3.63, 3.8) is 0 Å². The second kappa shape index (κ2) is 8.46. The zero-order valence-corrected chi connectivity index (χ0v) is 16.8. The second-order valence-corrected chi connectivity index (χ2v) is 7.51. The van der Waals surface area contributed by atoms with E-state index in [0.29, 0.717) is 19.5 Å². The van der Waals surface area contributed by atoms with Crippen LogP contribution in [0.4, 0.5) is 0 Å². The van der Waals surface area contributed by atoms with Crippen molar-refractivity contribution in [3.8, 4) is 0 Å². The summed E-state index contributed by atoms with van der Waals surface area (Å²) in [6, 6.07) is 7.52. The second-order valence-electron chi connectivity index (χ2n) is 7.51. The van der Waals surface area contributed by atoms with Gasteiger partial charge in [-0.15, -0.1) is 0 Å². The molecule has 1 atom stereocenters. The van der Waals surface area contributed by atoms with E-state index in [-0.39, 0.29) is 24.3 Å².